The zero-order valence-corrected chi connectivity index (χ0v) is 20.2. The molecule has 0 aromatic heterocycles. The van der Waals surface area contributed by atoms with Crippen LogP contribution in [-0.2, 0) is 25.8 Å². The molecule has 0 bridgehead atoms. The SMILES string of the molecule is CC.CCc1cc(C(C)=N)ccc1CO.OCc1ccc(C2CCCCC2)c(C(F)(F)F)c1. The predicted octanol–water partition coefficient (Wildman–Crippen LogP) is 7.40. The van der Waals surface area contributed by atoms with Crippen LogP contribution in [0.2, 0.25) is 0 Å². The Balaban J connectivity index is 0.000000322. The van der Waals surface area contributed by atoms with Gasteiger partial charge in [-0.05, 0) is 72.1 Å². The molecule has 3 nitrogen and oxygen atoms in total. The number of aliphatic hydroxyl groups is 2. The molecule has 0 heterocycles. The molecule has 1 fully saturated rings. The maximum atomic E-state index is 13.0. The predicted molar refractivity (Wildman–Crippen MR) is 129 cm³/mol. The number of halogens is 3. The lowest BCUT2D eigenvalue weighted by atomic mass is 9.81. The Morgan fingerprint density at radius 1 is 0.939 bits per heavy atom. The Morgan fingerprint density at radius 2 is 1.58 bits per heavy atom. The molecule has 0 saturated heterocycles. The van der Waals surface area contributed by atoms with Gasteiger partial charge in [0.2, 0.25) is 0 Å². The summed E-state index contributed by atoms with van der Waals surface area (Å²) in [4.78, 5) is 0. The van der Waals surface area contributed by atoms with Gasteiger partial charge in [0.1, 0.15) is 0 Å². The molecule has 1 saturated carbocycles. The lowest BCUT2D eigenvalue weighted by Gasteiger charge is -2.25. The zero-order chi connectivity index (χ0) is 25.0. The molecule has 0 radical (unpaired) electrons. The van der Waals surface area contributed by atoms with Crippen LogP contribution in [0.4, 0.5) is 13.2 Å². The number of aliphatic hydroxyl groups excluding tert-OH is 2. The molecule has 1 aliphatic carbocycles. The largest absolute Gasteiger partial charge is 0.416 e. The monoisotopic (exact) mass is 465 g/mol. The highest BCUT2D eigenvalue weighted by atomic mass is 19.4. The van der Waals surface area contributed by atoms with Crippen molar-refractivity contribution in [1.82, 2.24) is 0 Å². The molecule has 33 heavy (non-hydrogen) atoms. The fourth-order valence-corrected chi connectivity index (χ4v) is 4.06. The highest BCUT2D eigenvalue weighted by Gasteiger charge is 2.35. The van der Waals surface area contributed by atoms with Gasteiger partial charge in [0.25, 0.3) is 0 Å². The third kappa shape index (κ3) is 8.59. The topological polar surface area (TPSA) is 64.3 Å². The summed E-state index contributed by atoms with van der Waals surface area (Å²) in [5.41, 5.74) is 3.76. The van der Waals surface area contributed by atoms with E-state index >= 15 is 0 Å². The van der Waals surface area contributed by atoms with Gasteiger partial charge in [-0.25, -0.2) is 0 Å². The summed E-state index contributed by atoms with van der Waals surface area (Å²) in [6.07, 6.45) is 1.36. The van der Waals surface area contributed by atoms with Gasteiger partial charge in [0.05, 0.1) is 18.8 Å². The lowest BCUT2D eigenvalue weighted by molar-refractivity contribution is -0.138. The average Bonchev–Trinajstić information content (AvgIpc) is 2.84. The number of hydrogen-bond acceptors (Lipinski definition) is 3. The van der Waals surface area contributed by atoms with Crippen LogP contribution in [0.25, 0.3) is 0 Å². The summed E-state index contributed by atoms with van der Waals surface area (Å²) >= 11 is 0. The molecule has 0 aliphatic heterocycles. The van der Waals surface area contributed by atoms with Gasteiger partial charge in [0.15, 0.2) is 0 Å². The summed E-state index contributed by atoms with van der Waals surface area (Å²) < 4.78 is 39.1. The van der Waals surface area contributed by atoms with E-state index in [4.69, 9.17) is 15.6 Å². The van der Waals surface area contributed by atoms with Gasteiger partial charge < -0.3 is 15.6 Å². The zero-order valence-electron chi connectivity index (χ0n) is 20.2. The van der Waals surface area contributed by atoms with Gasteiger partial charge in [-0.3, -0.25) is 0 Å². The number of aryl methyl sites for hydroxylation is 1. The van der Waals surface area contributed by atoms with E-state index in [1.54, 1.807) is 19.1 Å². The second-order valence-electron chi connectivity index (χ2n) is 8.03. The first-order chi connectivity index (χ1) is 15.7. The summed E-state index contributed by atoms with van der Waals surface area (Å²) in [6, 6.07) is 9.99. The summed E-state index contributed by atoms with van der Waals surface area (Å²) in [5, 5.41) is 25.5. The number of hydrogen-bond donors (Lipinski definition) is 3. The molecule has 3 rings (SSSR count). The Morgan fingerprint density at radius 3 is 2.06 bits per heavy atom. The lowest BCUT2D eigenvalue weighted by Crippen LogP contribution is -2.14. The molecule has 3 N–H and O–H groups in total. The Labute approximate surface area is 196 Å². The minimum absolute atomic E-state index is 0.0168. The molecule has 184 valence electrons. The van der Waals surface area contributed by atoms with Crippen LogP contribution in [0.3, 0.4) is 0 Å². The number of benzene rings is 2. The fraction of sp³-hybridized carbons (Fsp3) is 0.519. The van der Waals surface area contributed by atoms with E-state index in [0.29, 0.717) is 16.8 Å². The van der Waals surface area contributed by atoms with Crippen molar-refractivity contribution in [3.63, 3.8) is 0 Å². The van der Waals surface area contributed by atoms with Crippen LogP contribution in [-0.4, -0.2) is 15.9 Å². The first-order valence-corrected chi connectivity index (χ1v) is 11.8. The van der Waals surface area contributed by atoms with Crippen molar-refractivity contribution in [2.45, 2.75) is 91.5 Å². The van der Waals surface area contributed by atoms with Gasteiger partial charge in [0, 0.05) is 5.71 Å². The van der Waals surface area contributed by atoms with Crippen molar-refractivity contribution in [2.75, 3.05) is 0 Å². The average molecular weight is 466 g/mol. The van der Waals surface area contributed by atoms with Crippen molar-refractivity contribution >= 4 is 5.71 Å². The second kappa shape index (κ2) is 14.2. The van der Waals surface area contributed by atoms with E-state index in [2.05, 4.69) is 6.92 Å². The highest BCUT2D eigenvalue weighted by molar-refractivity contribution is 5.96. The Hall–Kier alpha value is -2.18. The molecular weight excluding hydrogens is 427 g/mol. The highest BCUT2D eigenvalue weighted by Crippen LogP contribution is 2.41. The first-order valence-electron chi connectivity index (χ1n) is 11.8. The van der Waals surface area contributed by atoms with Crippen molar-refractivity contribution in [1.29, 1.82) is 5.41 Å². The third-order valence-corrected chi connectivity index (χ3v) is 5.84. The molecular formula is C27H38F3NO2. The van der Waals surface area contributed by atoms with Gasteiger partial charge in [-0.1, -0.05) is 64.3 Å². The van der Waals surface area contributed by atoms with E-state index in [0.717, 1.165) is 61.3 Å². The Bertz CT molecular complexity index is 872. The molecule has 0 amide bonds. The molecule has 0 spiro atoms. The van der Waals surface area contributed by atoms with Crippen LogP contribution in [0.15, 0.2) is 36.4 Å². The number of nitrogens with one attached hydrogen (secondary N) is 1. The summed E-state index contributed by atoms with van der Waals surface area (Å²) in [7, 11) is 0. The summed E-state index contributed by atoms with van der Waals surface area (Å²) in [6.45, 7) is 7.56. The normalized spacial score (nSPS) is 14.0. The molecule has 2 aromatic carbocycles. The summed E-state index contributed by atoms with van der Waals surface area (Å²) in [5.74, 6) is 0.0168. The van der Waals surface area contributed by atoms with E-state index in [-0.39, 0.29) is 19.1 Å². The van der Waals surface area contributed by atoms with Crippen LogP contribution in [0.1, 0.15) is 99.1 Å². The minimum Gasteiger partial charge on any atom is -0.392 e. The molecule has 2 aromatic rings. The van der Waals surface area contributed by atoms with E-state index < -0.39 is 11.7 Å². The molecule has 0 atom stereocenters. The van der Waals surface area contributed by atoms with Crippen molar-refractivity contribution in [2.24, 2.45) is 0 Å². The second-order valence-corrected chi connectivity index (χ2v) is 8.03. The number of alkyl halides is 3. The fourth-order valence-electron chi connectivity index (χ4n) is 4.06. The van der Waals surface area contributed by atoms with Crippen molar-refractivity contribution in [3.8, 4) is 0 Å². The van der Waals surface area contributed by atoms with Crippen LogP contribution >= 0.6 is 0 Å². The molecule has 6 heteroatoms. The first kappa shape index (κ1) is 28.9. The van der Waals surface area contributed by atoms with Gasteiger partial charge in [-0.2, -0.15) is 13.2 Å². The third-order valence-electron chi connectivity index (χ3n) is 5.84. The maximum absolute atomic E-state index is 13.0. The van der Waals surface area contributed by atoms with Gasteiger partial charge >= 0.3 is 6.18 Å². The van der Waals surface area contributed by atoms with Crippen molar-refractivity contribution < 1.29 is 23.4 Å². The minimum atomic E-state index is -4.34. The van der Waals surface area contributed by atoms with E-state index in [9.17, 15) is 13.2 Å². The number of rotatable bonds is 5. The van der Waals surface area contributed by atoms with E-state index in [1.165, 1.54) is 0 Å². The van der Waals surface area contributed by atoms with Crippen LogP contribution in [0, 0.1) is 5.41 Å². The van der Waals surface area contributed by atoms with Crippen LogP contribution in [0.5, 0.6) is 0 Å². The standard InChI is InChI=1S/C14H17F3O.C11H15NO.C2H6/c15-14(16,17)13-8-10(9-18)6-7-12(13)11-4-2-1-3-5-11;1-3-9-6-10(8(2)12)4-5-11(9)7-13;1-2/h6-8,11,18H,1-5,9H2;4-6,12-13H,3,7H2,1-2H3;1-2H3. The maximum Gasteiger partial charge on any atom is 0.416 e. The molecule has 1 aliphatic rings. The quantitative estimate of drug-likeness (QED) is 0.403. The van der Waals surface area contributed by atoms with Crippen LogP contribution < -0.4 is 0 Å². The smallest absolute Gasteiger partial charge is 0.392 e. The van der Waals surface area contributed by atoms with E-state index in [1.807, 2.05) is 32.0 Å². The Kier molecular flexibility index (Phi) is 12.4. The molecule has 0 unspecified atom stereocenters. The van der Waals surface area contributed by atoms with Crippen molar-refractivity contribution in [3.05, 3.63) is 69.8 Å². The van der Waals surface area contributed by atoms with Gasteiger partial charge in [-0.15, -0.1) is 0 Å².